The van der Waals surface area contributed by atoms with Crippen LogP contribution in [0.15, 0.2) is 48.8 Å². The molecule has 8 heteroatoms. The van der Waals surface area contributed by atoms with Gasteiger partial charge in [-0.3, -0.25) is 4.98 Å². The second-order valence-electron chi connectivity index (χ2n) is 6.33. The third-order valence-electron chi connectivity index (χ3n) is 4.72. The molecular formula is C19H20N6O2. The number of likely N-dealkylation sites (tertiary alicyclic amines) is 1. The number of carbonyl (C=O) groups is 1. The summed E-state index contributed by atoms with van der Waals surface area (Å²) in [6.45, 7) is 0.625. The Labute approximate surface area is 156 Å². The van der Waals surface area contributed by atoms with Gasteiger partial charge in [0.15, 0.2) is 11.6 Å². The highest BCUT2D eigenvalue weighted by Gasteiger charge is 2.33. The first kappa shape index (κ1) is 17.0. The molecule has 1 atom stereocenters. The van der Waals surface area contributed by atoms with E-state index < -0.39 is 6.03 Å². The van der Waals surface area contributed by atoms with Crippen molar-refractivity contribution in [1.82, 2.24) is 24.6 Å². The lowest BCUT2D eigenvalue weighted by Gasteiger charge is -2.22. The lowest BCUT2D eigenvalue weighted by Crippen LogP contribution is -2.36. The SMILES string of the molecule is COc1ccc(-n2nc(-c3ccncc3)nc2[C@@H]2CCCN2C(N)=O)cc1. The number of rotatable bonds is 4. The van der Waals surface area contributed by atoms with Gasteiger partial charge >= 0.3 is 6.03 Å². The Kier molecular flexibility index (Phi) is 4.45. The summed E-state index contributed by atoms with van der Waals surface area (Å²) in [6, 6.07) is 10.6. The third kappa shape index (κ3) is 3.21. The lowest BCUT2D eigenvalue weighted by atomic mass is 10.2. The molecule has 2 N–H and O–H groups in total. The van der Waals surface area contributed by atoms with Crippen LogP contribution in [0.2, 0.25) is 0 Å². The van der Waals surface area contributed by atoms with E-state index in [0.717, 1.165) is 29.8 Å². The molecule has 1 aromatic carbocycles. The summed E-state index contributed by atoms with van der Waals surface area (Å²) in [5, 5.41) is 4.70. The van der Waals surface area contributed by atoms with Gasteiger partial charge in [-0.05, 0) is 49.2 Å². The van der Waals surface area contributed by atoms with E-state index in [9.17, 15) is 4.79 Å². The molecule has 1 aliphatic heterocycles. The van der Waals surface area contributed by atoms with Gasteiger partial charge in [-0.1, -0.05) is 0 Å². The first-order valence-electron chi connectivity index (χ1n) is 8.75. The Morgan fingerprint density at radius 2 is 1.93 bits per heavy atom. The summed E-state index contributed by atoms with van der Waals surface area (Å²) in [5.74, 6) is 2.04. The molecule has 0 aliphatic carbocycles. The molecule has 2 amide bonds. The molecule has 2 aromatic heterocycles. The number of primary amides is 1. The zero-order valence-corrected chi connectivity index (χ0v) is 14.9. The van der Waals surface area contributed by atoms with Gasteiger partial charge in [0.1, 0.15) is 5.75 Å². The minimum Gasteiger partial charge on any atom is -0.497 e. The fourth-order valence-corrected chi connectivity index (χ4v) is 3.38. The van der Waals surface area contributed by atoms with E-state index in [1.165, 1.54) is 0 Å². The summed E-state index contributed by atoms with van der Waals surface area (Å²) in [6.07, 6.45) is 5.09. The molecule has 0 spiro atoms. The molecule has 27 heavy (non-hydrogen) atoms. The number of benzene rings is 1. The maximum Gasteiger partial charge on any atom is 0.315 e. The minimum absolute atomic E-state index is 0.201. The van der Waals surface area contributed by atoms with Crippen molar-refractivity contribution in [2.75, 3.05) is 13.7 Å². The van der Waals surface area contributed by atoms with Crippen LogP contribution in [0.25, 0.3) is 17.1 Å². The second kappa shape index (κ2) is 7.06. The van der Waals surface area contributed by atoms with E-state index in [0.29, 0.717) is 18.2 Å². The number of pyridine rings is 1. The van der Waals surface area contributed by atoms with Gasteiger partial charge in [-0.2, -0.15) is 0 Å². The predicted molar refractivity (Wildman–Crippen MR) is 99.4 cm³/mol. The van der Waals surface area contributed by atoms with Crippen LogP contribution in [0, 0.1) is 0 Å². The first-order chi connectivity index (χ1) is 13.2. The zero-order chi connectivity index (χ0) is 18.8. The van der Waals surface area contributed by atoms with Crippen molar-refractivity contribution in [3.05, 3.63) is 54.6 Å². The molecule has 138 valence electrons. The molecule has 0 radical (unpaired) electrons. The average molecular weight is 364 g/mol. The van der Waals surface area contributed by atoms with Crippen molar-refractivity contribution >= 4 is 6.03 Å². The Morgan fingerprint density at radius 3 is 2.59 bits per heavy atom. The molecule has 1 fully saturated rings. The van der Waals surface area contributed by atoms with Crippen molar-refractivity contribution in [1.29, 1.82) is 0 Å². The van der Waals surface area contributed by atoms with Gasteiger partial charge in [0.2, 0.25) is 0 Å². The summed E-state index contributed by atoms with van der Waals surface area (Å²) in [4.78, 5) is 22.3. The predicted octanol–water partition coefficient (Wildman–Crippen LogP) is 2.55. The normalized spacial score (nSPS) is 16.5. The number of hydrogen-bond acceptors (Lipinski definition) is 5. The highest BCUT2D eigenvalue weighted by Crippen LogP contribution is 2.33. The molecule has 0 saturated carbocycles. The first-order valence-corrected chi connectivity index (χ1v) is 8.75. The van der Waals surface area contributed by atoms with Crippen LogP contribution in [0.4, 0.5) is 4.79 Å². The fraction of sp³-hybridized carbons (Fsp3) is 0.263. The number of aromatic nitrogens is 4. The monoisotopic (exact) mass is 364 g/mol. The summed E-state index contributed by atoms with van der Waals surface area (Å²) < 4.78 is 7.02. The van der Waals surface area contributed by atoms with Crippen LogP contribution < -0.4 is 10.5 Å². The molecule has 4 rings (SSSR count). The average Bonchev–Trinajstić information content (AvgIpc) is 3.36. The van der Waals surface area contributed by atoms with E-state index in [2.05, 4.69) is 4.98 Å². The number of ether oxygens (including phenoxy) is 1. The van der Waals surface area contributed by atoms with Crippen LogP contribution >= 0.6 is 0 Å². The topological polar surface area (TPSA) is 99.2 Å². The van der Waals surface area contributed by atoms with E-state index >= 15 is 0 Å². The molecular weight excluding hydrogens is 344 g/mol. The van der Waals surface area contributed by atoms with Crippen LogP contribution in [-0.4, -0.2) is 44.3 Å². The highest BCUT2D eigenvalue weighted by atomic mass is 16.5. The second-order valence-corrected chi connectivity index (χ2v) is 6.33. The number of urea groups is 1. The van der Waals surface area contributed by atoms with Crippen molar-refractivity contribution in [3.8, 4) is 22.8 Å². The molecule has 1 aliphatic rings. The number of hydrogen-bond donors (Lipinski definition) is 1. The van der Waals surface area contributed by atoms with Crippen LogP contribution in [-0.2, 0) is 0 Å². The molecule has 3 aromatic rings. The molecule has 1 saturated heterocycles. The van der Waals surface area contributed by atoms with Gasteiger partial charge in [0.25, 0.3) is 0 Å². The van der Waals surface area contributed by atoms with Crippen LogP contribution in [0.5, 0.6) is 5.75 Å². The molecule has 3 heterocycles. The number of methoxy groups -OCH3 is 1. The summed E-state index contributed by atoms with van der Waals surface area (Å²) in [5.41, 5.74) is 7.28. The van der Waals surface area contributed by atoms with Crippen LogP contribution in [0.3, 0.4) is 0 Å². The standard InChI is InChI=1S/C19H20N6O2/c1-27-15-6-4-14(5-7-15)25-18(16-3-2-12-24(16)19(20)26)22-17(23-25)13-8-10-21-11-9-13/h4-11,16H,2-3,12H2,1H3,(H2,20,26)/t16-/m0/s1. The summed E-state index contributed by atoms with van der Waals surface area (Å²) >= 11 is 0. The quantitative estimate of drug-likeness (QED) is 0.767. The Morgan fingerprint density at radius 1 is 1.19 bits per heavy atom. The van der Waals surface area contributed by atoms with Crippen molar-refractivity contribution < 1.29 is 9.53 Å². The smallest absolute Gasteiger partial charge is 0.315 e. The van der Waals surface area contributed by atoms with Gasteiger partial charge < -0.3 is 15.4 Å². The molecule has 0 unspecified atom stereocenters. The Balaban J connectivity index is 1.82. The van der Waals surface area contributed by atoms with Crippen molar-refractivity contribution in [3.63, 3.8) is 0 Å². The summed E-state index contributed by atoms with van der Waals surface area (Å²) in [7, 11) is 1.63. The van der Waals surface area contributed by atoms with Crippen LogP contribution in [0.1, 0.15) is 24.7 Å². The highest BCUT2D eigenvalue weighted by molar-refractivity contribution is 5.73. The Hall–Kier alpha value is -3.42. The van der Waals surface area contributed by atoms with E-state index in [4.69, 9.17) is 20.6 Å². The van der Waals surface area contributed by atoms with E-state index in [1.54, 1.807) is 29.1 Å². The van der Waals surface area contributed by atoms with E-state index in [-0.39, 0.29) is 6.04 Å². The minimum atomic E-state index is -0.438. The molecule has 8 nitrogen and oxygen atoms in total. The van der Waals surface area contributed by atoms with Crippen molar-refractivity contribution in [2.45, 2.75) is 18.9 Å². The van der Waals surface area contributed by atoms with Gasteiger partial charge in [-0.15, -0.1) is 5.10 Å². The van der Waals surface area contributed by atoms with Gasteiger partial charge in [-0.25, -0.2) is 14.5 Å². The third-order valence-corrected chi connectivity index (χ3v) is 4.72. The van der Waals surface area contributed by atoms with Gasteiger partial charge in [0.05, 0.1) is 18.8 Å². The zero-order valence-electron chi connectivity index (χ0n) is 14.9. The maximum absolute atomic E-state index is 11.9. The number of carbonyl (C=O) groups excluding carboxylic acids is 1. The fourth-order valence-electron chi connectivity index (χ4n) is 3.38. The van der Waals surface area contributed by atoms with E-state index in [1.807, 2.05) is 36.4 Å². The maximum atomic E-state index is 11.9. The largest absolute Gasteiger partial charge is 0.497 e. The van der Waals surface area contributed by atoms with Gasteiger partial charge in [0, 0.05) is 24.5 Å². The Bertz CT molecular complexity index is 939. The lowest BCUT2D eigenvalue weighted by molar-refractivity contribution is 0.200. The number of nitrogens with zero attached hydrogens (tertiary/aromatic N) is 5. The number of amides is 2. The number of nitrogens with two attached hydrogens (primary N) is 1. The molecule has 0 bridgehead atoms. The van der Waals surface area contributed by atoms with Crippen molar-refractivity contribution in [2.24, 2.45) is 5.73 Å².